The number of rotatable bonds is 4. The van der Waals surface area contributed by atoms with Gasteiger partial charge in [-0.1, -0.05) is 47.5 Å². The number of anilines is 1. The van der Waals surface area contributed by atoms with Gasteiger partial charge in [0.1, 0.15) is 5.76 Å². The molecule has 0 spiro atoms. The Hall–Kier alpha value is -3.79. The van der Waals surface area contributed by atoms with Crippen LogP contribution in [0.5, 0.6) is 5.75 Å². The van der Waals surface area contributed by atoms with E-state index in [4.69, 9.17) is 33.2 Å². The van der Waals surface area contributed by atoms with Crippen molar-refractivity contribution in [1.82, 2.24) is 0 Å². The predicted octanol–water partition coefficient (Wildman–Crippen LogP) is 5.81. The van der Waals surface area contributed by atoms with Gasteiger partial charge in [-0.25, -0.2) is 0 Å². The van der Waals surface area contributed by atoms with Gasteiger partial charge in [-0.2, -0.15) is 5.26 Å². The first-order valence-corrected chi connectivity index (χ1v) is 10.9. The van der Waals surface area contributed by atoms with Gasteiger partial charge in [-0.3, -0.25) is 14.5 Å². The number of methoxy groups -OCH3 is 1. The van der Waals surface area contributed by atoms with Crippen LogP contribution in [0.2, 0.25) is 10.0 Å². The lowest BCUT2D eigenvalue weighted by Gasteiger charge is -2.26. The van der Waals surface area contributed by atoms with E-state index in [2.05, 4.69) is 0 Å². The SMILES string of the molecule is COc1c(Cl)cc(/C(O)=C2\C(=O)C(=O)N(c3ccc(C#N)cc3)C2c2ccccc2C)cc1Cl. The quantitative estimate of drug-likeness (QED) is 0.282. The van der Waals surface area contributed by atoms with Crippen LogP contribution in [-0.2, 0) is 9.59 Å². The first kappa shape index (κ1) is 23.4. The minimum absolute atomic E-state index is 0.0963. The number of ketones is 1. The third kappa shape index (κ3) is 3.90. The minimum atomic E-state index is -0.909. The van der Waals surface area contributed by atoms with Crippen molar-refractivity contribution in [3.8, 4) is 11.8 Å². The lowest BCUT2D eigenvalue weighted by atomic mass is 9.92. The number of hydrogen-bond donors (Lipinski definition) is 1. The third-order valence-electron chi connectivity index (χ3n) is 5.68. The molecular weight excluding hydrogens is 475 g/mol. The molecule has 3 aromatic rings. The molecule has 0 aliphatic carbocycles. The molecule has 1 N–H and O–H groups in total. The zero-order valence-corrected chi connectivity index (χ0v) is 19.7. The van der Waals surface area contributed by atoms with Crippen molar-refractivity contribution in [2.45, 2.75) is 13.0 Å². The molecule has 6 nitrogen and oxygen atoms in total. The maximum Gasteiger partial charge on any atom is 0.300 e. The smallest absolute Gasteiger partial charge is 0.300 e. The van der Waals surface area contributed by atoms with E-state index in [1.807, 2.05) is 25.1 Å². The summed E-state index contributed by atoms with van der Waals surface area (Å²) in [5, 5.41) is 20.7. The second kappa shape index (κ2) is 9.22. The van der Waals surface area contributed by atoms with Crippen LogP contribution >= 0.6 is 23.2 Å². The van der Waals surface area contributed by atoms with Crippen LogP contribution in [0.15, 0.2) is 66.2 Å². The molecule has 1 saturated heterocycles. The lowest BCUT2D eigenvalue weighted by molar-refractivity contribution is -0.132. The number of amides is 1. The summed E-state index contributed by atoms with van der Waals surface area (Å²) in [6, 6.07) is 17.6. The van der Waals surface area contributed by atoms with Crippen molar-refractivity contribution in [3.05, 3.63) is 98.5 Å². The van der Waals surface area contributed by atoms with Crippen LogP contribution in [0.3, 0.4) is 0 Å². The second-order valence-corrected chi connectivity index (χ2v) is 8.47. The Morgan fingerprint density at radius 3 is 2.24 bits per heavy atom. The number of aryl methyl sites for hydroxylation is 1. The Labute approximate surface area is 206 Å². The summed E-state index contributed by atoms with van der Waals surface area (Å²) < 4.78 is 5.16. The molecule has 1 amide bonds. The summed E-state index contributed by atoms with van der Waals surface area (Å²) >= 11 is 12.5. The molecule has 0 saturated carbocycles. The van der Waals surface area contributed by atoms with Crippen molar-refractivity contribution < 1.29 is 19.4 Å². The van der Waals surface area contributed by atoms with Gasteiger partial charge in [0.25, 0.3) is 11.7 Å². The summed E-state index contributed by atoms with van der Waals surface area (Å²) in [6.07, 6.45) is 0. The standard InChI is InChI=1S/C26H18Cl2N2O4/c1-14-5-3-4-6-18(14)22-21(23(31)16-11-19(27)25(34-2)20(28)12-16)24(32)26(33)30(22)17-9-7-15(13-29)8-10-17/h3-12,22,31H,1-2H3/b23-21+. The summed E-state index contributed by atoms with van der Waals surface area (Å²) in [5.41, 5.74) is 2.39. The molecule has 1 atom stereocenters. The van der Waals surface area contributed by atoms with E-state index in [-0.39, 0.29) is 26.9 Å². The molecule has 1 heterocycles. The highest BCUT2D eigenvalue weighted by Crippen LogP contribution is 2.44. The number of carbonyl (C=O) groups is 2. The molecule has 1 aliphatic heterocycles. The van der Waals surface area contributed by atoms with E-state index in [9.17, 15) is 14.7 Å². The van der Waals surface area contributed by atoms with Crippen LogP contribution in [0, 0.1) is 18.3 Å². The summed E-state index contributed by atoms with van der Waals surface area (Å²) in [6.45, 7) is 1.86. The molecule has 0 radical (unpaired) electrons. The van der Waals surface area contributed by atoms with E-state index in [1.165, 1.54) is 24.1 Å². The number of aliphatic hydroxyl groups is 1. The molecule has 1 aliphatic rings. The zero-order chi connectivity index (χ0) is 24.6. The molecule has 34 heavy (non-hydrogen) atoms. The van der Waals surface area contributed by atoms with Gasteiger partial charge in [0, 0.05) is 11.3 Å². The predicted molar refractivity (Wildman–Crippen MR) is 130 cm³/mol. The van der Waals surface area contributed by atoms with Crippen molar-refractivity contribution in [2.75, 3.05) is 12.0 Å². The Kier molecular flexibility index (Phi) is 6.34. The topological polar surface area (TPSA) is 90.6 Å². The number of Topliss-reactive ketones (excluding diaryl/α,β-unsaturated/α-hetero) is 1. The highest BCUT2D eigenvalue weighted by Gasteiger charge is 2.47. The molecule has 1 unspecified atom stereocenters. The highest BCUT2D eigenvalue weighted by atomic mass is 35.5. The normalized spacial score (nSPS) is 17.0. The Morgan fingerprint density at radius 1 is 1.06 bits per heavy atom. The lowest BCUT2D eigenvalue weighted by Crippen LogP contribution is -2.29. The fraction of sp³-hybridized carbons (Fsp3) is 0.115. The molecule has 0 aromatic heterocycles. The molecule has 8 heteroatoms. The molecule has 1 fully saturated rings. The highest BCUT2D eigenvalue weighted by molar-refractivity contribution is 6.51. The Balaban J connectivity index is 1.97. The first-order chi connectivity index (χ1) is 16.3. The number of halogens is 2. The summed E-state index contributed by atoms with van der Waals surface area (Å²) in [4.78, 5) is 27.8. The van der Waals surface area contributed by atoms with Crippen LogP contribution in [-0.4, -0.2) is 23.9 Å². The molecule has 0 bridgehead atoms. The van der Waals surface area contributed by atoms with Crippen LogP contribution in [0.25, 0.3) is 5.76 Å². The average molecular weight is 493 g/mol. The second-order valence-electron chi connectivity index (χ2n) is 7.66. The van der Waals surface area contributed by atoms with Gasteiger partial charge in [0.15, 0.2) is 5.75 Å². The van der Waals surface area contributed by atoms with Crippen LogP contribution < -0.4 is 9.64 Å². The van der Waals surface area contributed by atoms with E-state index >= 15 is 0 Å². The number of benzene rings is 3. The van der Waals surface area contributed by atoms with Gasteiger partial charge in [-0.15, -0.1) is 0 Å². The number of nitriles is 1. The molecule has 4 rings (SSSR count). The van der Waals surface area contributed by atoms with Gasteiger partial charge in [-0.05, 0) is 54.4 Å². The van der Waals surface area contributed by atoms with E-state index in [0.717, 1.165) is 5.56 Å². The van der Waals surface area contributed by atoms with Crippen LogP contribution in [0.1, 0.15) is 28.3 Å². The Bertz CT molecular complexity index is 1370. The van der Waals surface area contributed by atoms with E-state index < -0.39 is 23.5 Å². The fourth-order valence-corrected chi connectivity index (χ4v) is 4.67. The van der Waals surface area contributed by atoms with Gasteiger partial charge in [0.2, 0.25) is 0 Å². The van der Waals surface area contributed by atoms with Crippen molar-refractivity contribution in [3.63, 3.8) is 0 Å². The van der Waals surface area contributed by atoms with E-state index in [1.54, 1.807) is 36.4 Å². The van der Waals surface area contributed by atoms with Crippen molar-refractivity contribution in [2.24, 2.45) is 0 Å². The minimum Gasteiger partial charge on any atom is -0.507 e. The fourth-order valence-electron chi connectivity index (χ4n) is 4.03. The van der Waals surface area contributed by atoms with Gasteiger partial charge in [0.05, 0.1) is 40.4 Å². The maximum atomic E-state index is 13.3. The monoisotopic (exact) mass is 492 g/mol. The zero-order valence-electron chi connectivity index (χ0n) is 18.2. The molecule has 170 valence electrons. The van der Waals surface area contributed by atoms with Gasteiger partial charge < -0.3 is 9.84 Å². The maximum absolute atomic E-state index is 13.3. The van der Waals surface area contributed by atoms with E-state index in [0.29, 0.717) is 16.8 Å². The third-order valence-corrected chi connectivity index (χ3v) is 6.24. The number of carbonyl (C=O) groups excluding carboxylic acids is 2. The number of aliphatic hydroxyl groups excluding tert-OH is 1. The average Bonchev–Trinajstić information content (AvgIpc) is 3.09. The number of ether oxygens (including phenoxy) is 1. The number of nitrogens with zero attached hydrogens (tertiary/aromatic N) is 2. The van der Waals surface area contributed by atoms with Crippen molar-refractivity contribution >= 4 is 46.3 Å². The largest absolute Gasteiger partial charge is 0.507 e. The van der Waals surface area contributed by atoms with Crippen molar-refractivity contribution in [1.29, 1.82) is 5.26 Å². The molecular formula is C26H18Cl2N2O4. The number of hydrogen-bond acceptors (Lipinski definition) is 5. The van der Waals surface area contributed by atoms with Crippen LogP contribution in [0.4, 0.5) is 5.69 Å². The Morgan fingerprint density at radius 2 is 1.68 bits per heavy atom. The molecule has 3 aromatic carbocycles. The first-order valence-electron chi connectivity index (χ1n) is 10.2. The summed E-state index contributed by atoms with van der Waals surface area (Å²) in [5.74, 6) is -1.83. The van der Waals surface area contributed by atoms with Gasteiger partial charge >= 0.3 is 0 Å². The summed E-state index contributed by atoms with van der Waals surface area (Å²) in [7, 11) is 1.41.